The number of hydrogen-bond donors (Lipinski definition) is 2. The topological polar surface area (TPSA) is 65.2 Å². The Bertz CT molecular complexity index is 781. The van der Waals surface area contributed by atoms with E-state index in [2.05, 4.69) is 40.3 Å². The minimum absolute atomic E-state index is 0.0544. The summed E-state index contributed by atoms with van der Waals surface area (Å²) in [6.45, 7) is 6.32. The molecular weight excluding hydrogens is 326 g/mol. The van der Waals surface area contributed by atoms with E-state index in [9.17, 15) is 9.59 Å². The first-order valence-corrected chi connectivity index (χ1v) is 9.33. The van der Waals surface area contributed by atoms with Crippen LogP contribution in [0.3, 0.4) is 0 Å². The van der Waals surface area contributed by atoms with Crippen molar-refractivity contribution in [3.8, 4) is 0 Å². The number of benzene rings is 1. The summed E-state index contributed by atoms with van der Waals surface area (Å²) in [6.07, 6.45) is 5.40. The summed E-state index contributed by atoms with van der Waals surface area (Å²) in [4.78, 5) is 29.1. The standard InChI is InChI=1S/C21H27N3O2/c1-15-7-5-6-10-24(15)14-18-9-4-3-8-17(18)12-23-21(26)20-11-19(13-22-20)16(2)25/h3-4,8-9,11,13,15,22H,5-7,10,12,14H2,1-2H3,(H,23,26). The number of amides is 1. The molecule has 1 aromatic heterocycles. The third-order valence-corrected chi connectivity index (χ3v) is 5.21. The summed E-state index contributed by atoms with van der Waals surface area (Å²) in [6, 6.07) is 10.5. The number of likely N-dealkylation sites (tertiary alicyclic amines) is 1. The molecular formula is C21H27N3O2. The van der Waals surface area contributed by atoms with E-state index in [1.165, 1.54) is 31.7 Å². The molecule has 5 heteroatoms. The minimum Gasteiger partial charge on any atom is -0.356 e. The lowest BCUT2D eigenvalue weighted by molar-refractivity contribution is 0.0946. The molecule has 0 aliphatic carbocycles. The van der Waals surface area contributed by atoms with Gasteiger partial charge in [0.15, 0.2) is 5.78 Å². The van der Waals surface area contributed by atoms with Gasteiger partial charge >= 0.3 is 0 Å². The van der Waals surface area contributed by atoms with Crippen molar-refractivity contribution in [2.45, 2.75) is 52.2 Å². The van der Waals surface area contributed by atoms with Gasteiger partial charge in [0.2, 0.25) is 0 Å². The molecule has 1 unspecified atom stereocenters. The van der Waals surface area contributed by atoms with Gasteiger partial charge in [-0.1, -0.05) is 30.7 Å². The molecule has 2 N–H and O–H groups in total. The summed E-state index contributed by atoms with van der Waals surface area (Å²) in [5, 5.41) is 2.96. The monoisotopic (exact) mass is 353 g/mol. The summed E-state index contributed by atoms with van der Waals surface area (Å²) in [7, 11) is 0. The van der Waals surface area contributed by atoms with Crippen molar-refractivity contribution in [2.24, 2.45) is 0 Å². The van der Waals surface area contributed by atoms with Crippen LogP contribution in [-0.4, -0.2) is 34.2 Å². The van der Waals surface area contributed by atoms with Crippen LogP contribution in [0.1, 0.15) is 65.1 Å². The second-order valence-electron chi connectivity index (χ2n) is 7.12. The number of aromatic nitrogens is 1. The molecule has 1 aliphatic heterocycles. The molecule has 1 fully saturated rings. The van der Waals surface area contributed by atoms with Gasteiger partial charge in [-0.25, -0.2) is 0 Å². The fourth-order valence-electron chi connectivity index (χ4n) is 3.49. The number of carbonyl (C=O) groups excluding carboxylic acids is 2. The molecule has 0 saturated carbocycles. The van der Waals surface area contributed by atoms with Crippen LogP contribution in [0, 0.1) is 0 Å². The largest absolute Gasteiger partial charge is 0.356 e. The molecule has 1 aromatic carbocycles. The number of aromatic amines is 1. The summed E-state index contributed by atoms with van der Waals surface area (Å²) < 4.78 is 0. The lowest BCUT2D eigenvalue weighted by Gasteiger charge is -2.33. The van der Waals surface area contributed by atoms with Crippen LogP contribution in [0.2, 0.25) is 0 Å². The van der Waals surface area contributed by atoms with Crippen molar-refractivity contribution in [2.75, 3.05) is 6.54 Å². The minimum atomic E-state index is -0.196. The average molecular weight is 353 g/mol. The van der Waals surface area contributed by atoms with Crippen molar-refractivity contribution >= 4 is 11.7 Å². The van der Waals surface area contributed by atoms with Crippen molar-refractivity contribution in [3.63, 3.8) is 0 Å². The van der Waals surface area contributed by atoms with Crippen LogP contribution >= 0.6 is 0 Å². The van der Waals surface area contributed by atoms with Gasteiger partial charge in [-0.15, -0.1) is 0 Å². The van der Waals surface area contributed by atoms with E-state index >= 15 is 0 Å². The summed E-state index contributed by atoms with van der Waals surface area (Å²) in [5.74, 6) is -0.250. The Hall–Kier alpha value is -2.40. The highest BCUT2D eigenvalue weighted by atomic mass is 16.2. The first-order chi connectivity index (χ1) is 12.5. The van der Waals surface area contributed by atoms with E-state index < -0.39 is 0 Å². The Morgan fingerprint density at radius 1 is 1.23 bits per heavy atom. The van der Waals surface area contributed by atoms with Gasteiger partial charge in [-0.05, 0) is 50.4 Å². The molecule has 3 rings (SSSR count). The van der Waals surface area contributed by atoms with Gasteiger partial charge in [0.25, 0.3) is 5.91 Å². The Morgan fingerprint density at radius 3 is 2.69 bits per heavy atom. The number of piperidine rings is 1. The SMILES string of the molecule is CC(=O)c1c[nH]c(C(=O)NCc2ccccc2CN2CCCCC2C)c1. The van der Waals surface area contributed by atoms with Crippen LogP contribution in [0.25, 0.3) is 0 Å². The zero-order chi connectivity index (χ0) is 18.5. The third-order valence-electron chi connectivity index (χ3n) is 5.21. The van der Waals surface area contributed by atoms with Gasteiger partial charge in [0, 0.05) is 30.9 Å². The molecule has 138 valence electrons. The molecule has 1 amide bonds. The highest BCUT2D eigenvalue weighted by Gasteiger charge is 2.19. The van der Waals surface area contributed by atoms with Crippen molar-refractivity contribution < 1.29 is 9.59 Å². The highest BCUT2D eigenvalue weighted by Crippen LogP contribution is 2.20. The average Bonchev–Trinajstić information content (AvgIpc) is 3.13. The van der Waals surface area contributed by atoms with Crippen LogP contribution in [-0.2, 0) is 13.1 Å². The van der Waals surface area contributed by atoms with Crippen LogP contribution in [0.5, 0.6) is 0 Å². The normalized spacial score (nSPS) is 17.8. The second-order valence-corrected chi connectivity index (χ2v) is 7.12. The number of nitrogens with one attached hydrogen (secondary N) is 2. The van der Waals surface area contributed by atoms with E-state index in [0.717, 1.165) is 18.7 Å². The van der Waals surface area contributed by atoms with Crippen LogP contribution < -0.4 is 5.32 Å². The lowest BCUT2D eigenvalue weighted by atomic mass is 10.0. The van der Waals surface area contributed by atoms with E-state index in [0.29, 0.717) is 23.8 Å². The maximum Gasteiger partial charge on any atom is 0.267 e. The van der Waals surface area contributed by atoms with E-state index in [1.807, 2.05) is 6.07 Å². The van der Waals surface area contributed by atoms with Crippen molar-refractivity contribution in [1.82, 2.24) is 15.2 Å². The molecule has 1 aliphatic rings. The van der Waals surface area contributed by atoms with Crippen molar-refractivity contribution in [1.29, 1.82) is 0 Å². The first kappa shape index (κ1) is 18.4. The summed E-state index contributed by atoms with van der Waals surface area (Å²) in [5.41, 5.74) is 3.33. The fraction of sp³-hybridized carbons (Fsp3) is 0.429. The fourth-order valence-corrected chi connectivity index (χ4v) is 3.49. The van der Waals surface area contributed by atoms with Gasteiger partial charge < -0.3 is 10.3 Å². The van der Waals surface area contributed by atoms with E-state index in [-0.39, 0.29) is 11.7 Å². The van der Waals surface area contributed by atoms with Gasteiger partial charge in [0.05, 0.1) is 0 Å². The van der Waals surface area contributed by atoms with Crippen molar-refractivity contribution in [3.05, 3.63) is 58.9 Å². The maximum atomic E-state index is 12.3. The molecule has 0 bridgehead atoms. The predicted octanol–water partition coefficient (Wildman–Crippen LogP) is 3.52. The lowest BCUT2D eigenvalue weighted by Crippen LogP contribution is -2.37. The van der Waals surface area contributed by atoms with Crippen LogP contribution in [0.4, 0.5) is 0 Å². The van der Waals surface area contributed by atoms with Gasteiger partial charge in [-0.3, -0.25) is 14.5 Å². The predicted molar refractivity (Wildman–Crippen MR) is 102 cm³/mol. The number of rotatable bonds is 6. The highest BCUT2D eigenvalue weighted by molar-refractivity contribution is 5.99. The molecule has 1 saturated heterocycles. The molecule has 0 radical (unpaired) electrons. The quantitative estimate of drug-likeness (QED) is 0.781. The Labute approximate surface area is 154 Å². The summed E-state index contributed by atoms with van der Waals surface area (Å²) >= 11 is 0. The number of hydrogen-bond acceptors (Lipinski definition) is 3. The number of H-pyrrole nitrogens is 1. The molecule has 5 nitrogen and oxygen atoms in total. The third kappa shape index (κ3) is 4.41. The molecule has 2 aromatic rings. The molecule has 2 heterocycles. The van der Waals surface area contributed by atoms with Gasteiger partial charge in [0.1, 0.15) is 5.69 Å². The molecule has 1 atom stereocenters. The zero-order valence-electron chi connectivity index (χ0n) is 15.5. The second kappa shape index (κ2) is 8.32. The number of ketones is 1. The smallest absolute Gasteiger partial charge is 0.267 e. The van der Waals surface area contributed by atoms with E-state index in [4.69, 9.17) is 0 Å². The van der Waals surface area contributed by atoms with E-state index in [1.54, 1.807) is 12.3 Å². The number of nitrogens with zero attached hydrogens (tertiary/aromatic N) is 1. The Kier molecular flexibility index (Phi) is 5.89. The number of Topliss-reactive ketones (excluding diaryl/α,β-unsaturated/α-hetero) is 1. The van der Waals surface area contributed by atoms with Crippen LogP contribution in [0.15, 0.2) is 36.5 Å². The Balaban J connectivity index is 1.64. The Morgan fingerprint density at radius 2 is 2.00 bits per heavy atom. The maximum absolute atomic E-state index is 12.3. The molecule has 26 heavy (non-hydrogen) atoms. The first-order valence-electron chi connectivity index (χ1n) is 9.33. The molecule has 0 spiro atoms. The zero-order valence-corrected chi connectivity index (χ0v) is 15.5. The van der Waals surface area contributed by atoms with Gasteiger partial charge in [-0.2, -0.15) is 0 Å². The number of carbonyl (C=O) groups is 2.